The molecule has 2 aromatic carbocycles. The standard InChI is InChI=1S/C45H58N8O8/c1-26(2)36(50-42(56)59-8)40(54)53-23-45(60-24-44(5,6)25-61-45)20-35(53)39-47-22-33(49-39)31-17-13-29(14-18-31)28-11-15-30(16-12-28)32-21-46-38(48-32)34-10-9-19-52(34)41(55)37(27(3)4)51(7)43(57)58/h11-18,21-22,26-27,34-37H,9-10,19-20,23-25H2,1-8H3,(H,46,48)(H,47,49)(H,50,56)(H,57,58)/t34-,35-,36-,37-/m0/s1. The highest BCUT2D eigenvalue weighted by Crippen LogP contribution is 2.44. The number of likely N-dealkylation sites (N-methyl/N-ethyl adjacent to an activating group) is 1. The van der Waals surface area contributed by atoms with Crippen LogP contribution in [0.5, 0.6) is 0 Å². The number of nitrogens with zero attached hydrogens (tertiary/aromatic N) is 5. The molecule has 16 heteroatoms. The normalized spacial score (nSPS) is 20.6. The Labute approximate surface area is 356 Å². The Morgan fingerprint density at radius 3 is 1.84 bits per heavy atom. The summed E-state index contributed by atoms with van der Waals surface area (Å²) in [4.78, 5) is 72.8. The number of rotatable bonds is 11. The number of amides is 4. The summed E-state index contributed by atoms with van der Waals surface area (Å²) < 4.78 is 17.5. The van der Waals surface area contributed by atoms with Crippen molar-refractivity contribution in [2.75, 3.05) is 40.5 Å². The van der Waals surface area contributed by atoms with Crippen LogP contribution in [-0.4, -0.2) is 122 Å². The first-order chi connectivity index (χ1) is 29.0. The molecule has 4 atom stereocenters. The summed E-state index contributed by atoms with van der Waals surface area (Å²) >= 11 is 0. The highest BCUT2D eigenvalue weighted by Gasteiger charge is 2.53. The number of hydrogen-bond acceptors (Lipinski definition) is 9. The lowest BCUT2D eigenvalue weighted by Gasteiger charge is -2.41. The Balaban J connectivity index is 1.05. The number of alkyl carbamates (subject to hydrolysis) is 1. The van der Waals surface area contributed by atoms with Crippen molar-refractivity contribution in [2.24, 2.45) is 17.3 Å². The van der Waals surface area contributed by atoms with Gasteiger partial charge in [0, 0.05) is 48.9 Å². The number of carboxylic acid groups (broad SMARTS) is 1. The summed E-state index contributed by atoms with van der Waals surface area (Å²) in [5.74, 6) is -0.579. The fourth-order valence-corrected chi connectivity index (χ4v) is 8.62. The first kappa shape index (κ1) is 43.4. The molecule has 4 aromatic rings. The van der Waals surface area contributed by atoms with E-state index in [1.54, 1.807) is 9.80 Å². The van der Waals surface area contributed by atoms with Crippen LogP contribution in [0.15, 0.2) is 60.9 Å². The largest absolute Gasteiger partial charge is 0.465 e. The van der Waals surface area contributed by atoms with Crippen molar-refractivity contribution < 1.29 is 38.5 Å². The van der Waals surface area contributed by atoms with E-state index in [4.69, 9.17) is 24.2 Å². The van der Waals surface area contributed by atoms with Gasteiger partial charge in [0.05, 0.1) is 50.3 Å². The molecule has 0 aliphatic carbocycles. The van der Waals surface area contributed by atoms with Gasteiger partial charge >= 0.3 is 12.2 Å². The van der Waals surface area contributed by atoms with Crippen LogP contribution < -0.4 is 5.32 Å². The van der Waals surface area contributed by atoms with Crippen molar-refractivity contribution in [1.82, 2.24) is 40.0 Å². The molecule has 16 nitrogen and oxygen atoms in total. The van der Waals surface area contributed by atoms with Gasteiger partial charge < -0.3 is 44.4 Å². The molecule has 0 radical (unpaired) electrons. The average Bonchev–Trinajstić information content (AvgIpc) is 4.07. The average molecular weight is 839 g/mol. The zero-order valence-corrected chi connectivity index (χ0v) is 36.2. The number of nitrogens with one attached hydrogen (secondary N) is 3. The van der Waals surface area contributed by atoms with Gasteiger partial charge in [-0.3, -0.25) is 14.5 Å². The lowest BCUT2D eigenvalue weighted by atomic mass is 9.94. The number of aromatic nitrogens is 4. The molecule has 4 N–H and O–H groups in total. The molecule has 4 amide bonds. The number of carbonyl (C=O) groups is 4. The van der Waals surface area contributed by atoms with Gasteiger partial charge in [-0.1, -0.05) is 90.1 Å². The lowest BCUT2D eigenvalue weighted by Crippen LogP contribution is -2.53. The van der Waals surface area contributed by atoms with E-state index >= 15 is 0 Å². The van der Waals surface area contributed by atoms with Crippen LogP contribution >= 0.6 is 0 Å². The van der Waals surface area contributed by atoms with Gasteiger partial charge in [-0.2, -0.15) is 0 Å². The second-order valence-electron chi connectivity index (χ2n) is 18.0. The second-order valence-corrected chi connectivity index (χ2v) is 18.0. The van der Waals surface area contributed by atoms with Crippen molar-refractivity contribution in [2.45, 2.75) is 90.8 Å². The minimum Gasteiger partial charge on any atom is -0.465 e. The lowest BCUT2D eigenvalue weighted by molar-refractivity contribution is -0.290. The minimum atomic E-state index is -1.13. The van der Waals surface area contributed by atoms with Crippen LogP contribution in [0.4, 0.5) is 9.59 Å². The summed E-state index contributed by atoms with van der Waals surface area (Å²) in [6.45, 7) is 13.3. The van der Waals surface area contributed by atoms with Gasteiger partial charge in [-0.15, -0.1) is 0 Å². The summed E-state index contributed by atoms with van der Waals surface area (Å²) in [5.41, 5.74) is 5.16. The third-order valence-electron chi connectivity index (χ3n) is 12.1. The fraction of sp³-hybridized carbons (Fsp3) is 0.511. The Hall–Kier alpha value is -5.74. The molecule has 3 aliphatic rings. The number of hydrogen-bond donors (Lipinski definition) is 4. The van der Waals surface area contributed by atoms with Crippen LogP contribution in [0.2, 0.25) is 0 Å². The van der Waals surface area contributed by atoms with E-state index in [-0.39, 0.29) is 41.7 Å². The first-order valence-corrected chi connectivity index (χ1v) is 21.0. The molecule has 61 heavy (non-hydrogen) atoms. The molecule has 0 saturated carbocycles. The van der Waals surface area contributed by atoms with Crippen molar-refractivity contribution in [3.05, 3.63) is 72.6 Å². The number of imidazole rings is 2. The summed E-state index contributed by atoms with van der Waals surface area (Å²) in [5, 5.41) is 12.3. The van der Waals surface area contributed by atoms with Crippen molar-refractivity contribution in [3.8, 4) is 33.6 Å². The quantitative estimate of drug-likeness (QED) is 0.124. The van der Waals surface area contributed by atoms with E-state index in [1.165, 1.54) is 14.2 Å². The monoisotopic (exact) mass is 838 g/mol. The van der Waals surface area contributed by atoms with Crippen molar-refractivity contribution in [1.29, 1.82) is 0 Å². The van der Waals surface area contributed by atoms with Gasteiger partial charge in [0.15, 0.2) is 5.79 Å². The van der Waals surface area contributed by atoms with E-state index in [2.05, 4.69) is 29.1 Å². The maximum absolute atomic E-state index is 14.2. The van der Waals surface area contributed by atoms with Gasteiger partial charge in [-0.25, -0.2) is 19.6 Å². The minimum absolute atomic E-state index is 0.161. The number of carbonyl (C=O) groups excluding carboxylic acids is 3. The van der Waals surface area contributed by atoms with E-state index in [0.717, 1.165) is 51.4 Å². The molecule has 3 saturated heterocycles. The van der Waals surface area contributed by atoms with Crippen LogP contribution in [0.1, 0.15) is 84.5 Å². The highest BCUT2D eigenvalue weighted by atomic mass is 16.7. The van der Waals surface area contributed by atoms with E-state index < -0.39 is 36.1 Å². The predicted molar refractivity (Wildman–Crippen MR) is 227 cm³/mol. The Morgan fingerprint density at radius 2 is 1.34 bits per heavy atom. The van der Waals surface area contributed by atoms with Crippen LogP contribution in [0.25, 0.3) is 33.6 Å². The van der Waals surface area contributed by atoms with Gasteiger partial charge in [0.1, 0.15) is 23.7 Å². The second kappa shape index (κ2) is 17.3. The molecule has 0 bridgehead atoms. The molecular formula is C45H58N8O8. The Morgan fingerprint density at radius 1 is 0.820 bits per heavy atom. The van der Waals surface area contributed by atoms with Crippen LogP contribution in [0, 0.1) is 17.3 Å². The predicted octanol–water partition coefficient (Wildman–Crippen LogP) is 6.86. The topological polar surface area (TPSA) is 195 Å². The van der Waals surface area contributed by atoms with E-state index in [1.807, 2.05) is 88.6 Å². The molecular weight excluding hydrogens is 781 g/mol. The molecule has 5 heterocycles. The van der Waals surface area contributed by atoms with Gasteiger partial charge in [0.25, 0.3) is 0 Å². The molecule has 326 valence electrons. The maximum Gasteiger partial charge on any atom is 0.407 e. The third-order valence-corrected chi connectivity index (χ3v) is 12.1. The summed E-state index contributed by atoms with van der Waals surface area (Å²) in [7, 11) is 2.72. The smallest absolute Gasteiger partial charge is 0.407 e. The Kier molecular flexibility index (Phi) is 12.3. The Bertz CT molecular complexity index is 2200. The molecule has 3 fully saturated rings. The summed E-state index contributed by atoms with van der Waals surface area (Å²) in [6, 6.07) is 13.9. The molecule has 3 aliphatic heterocycles. The molecule has 0 unspecified atom stereocenters. The van der Waals surface area contributed by atoms with Crippen LogP contribution in [0.3, 0.4) is 0 Å². The number of H-pyrrole nitrogens is 2. The van der Waals surface area contributed by atoms with Crippen molar-refractivity contribution in [3.63, 3.8) is 0 Å². The van der Waals surface area contributed by atoms with Crippen molar-refractivity contribution >= 4 is 24.0 Å². The number of ether oxygens (including phenoxy) is 3. The highest BCUT2D eigenvalue weighted by molar-refractivity contribution is 5.87. The van der Waals surface area contributed by atoms with E-state index in [0.29, 0.717) is 37.8 Å². The zero-order valence-electron chi connectivity index (χ0n) is 36.2. The van der Waals surface area contributed by atoms with Crippen LogP contribution in [-0.2, 0) is 23.8 Å². The molecule has 1 spiro atoms. The number of aromatic amines is 2. The number of likely N-dealkylation sites (tertiary alicyclic amines) is 2. The molecule has 2 aromatic heterocycles. The zero-order chi connectivity index (χ0) is 43.8. The molecule has 7 rings (SSSR count). The first-order valence-electron chi connectivity index (χ1n) is 21.0. The SMILES string of the molecule is COC(=O)N[C@H](C(=O)N1CC2(C[C@H]1c1nc(-c3ccc(-c4ccc(-c5c[nH]c([C@@H]6CCCN6C(=O)[C@H](C(C)C)N(C)C(=O)O)n5)cc4)cc3)c[nH]1)OCC(C)(C)CO2)C(C)C. The van der Waals surface area contributed by atoms with Gasteiger partial charge in [-0.05, 0) is 35.8 Å². The number of methoxy groups -OCH3 is 1. The fourth-order valence-electron chi connectivity index (χ4n) is 8.62. The third kappa shape index (κ3) is 9.01. The number of benzene rings is 2. The maximum atomic E-state index is 14.2. The van der Waals surface area contributed by atoms with E-state index in [9.17, 15) is 24.3 Å². The summed E-state index contributed by atoms with van der Waals surface area (Å²) in [6.07, 6.45) is 3.80. The van der Waals surface area contributed by atoms with Gasteiger partial charge in [0.2, 0.25) is 11.8 Å².